The first-order valence-corrected chi connectivity index (χ1v) is 6.17. The van der Waals surface area contributed by atoms with E-state index in [1.54, 1.807) is 11.3 Å². The topological polar surface area (TPSA) is 29.5 Å². The molecule has 1 amide bonds. The SMILES string of the molecule is O=C(CCc1ccsc1)N1CCOCC1. The molecule has 0 spiro atoms. The maximum atomic E-state index is 11.8. The number of carbonyl (C=O) groups excluding carboxylic acids is 1. The highest BCUT2D eigenvalue weighted by atomic mass is 32.1. The van der Waals surface area contributed by atoms with Gasteiger partial charge >= 0.3 is 0 Å². The quantitative estimate of drug-likeness (QED) is 0.781. The number of hydrogen-bond donors (Lipinski definition) is 0. The maximum absolute atomic E-state index is 11.8. The van der Waals surface area contributed by atoms with Gasteiger partial charge in [0, 0.05) is 19.5 Å². The van der Waals surface area contributed by atoms with E-state index in [0.717, 1.165) is 19.5 Å². The van der Waals surface area contributed by atoms with Crippen LogP contribution in [0.15, 0.2) is 16.8 Å². The van der Waals surface area contributed by atoms with E-state index in [4.69, 9.17) is 4.74 Å². The standard InChI is InChI=1S/C11H15NO2S/c13-11(12-4-6-14-7-5-12)2-1-10-3-8-15-9-10/h3,8-9H,1-2,4-7H2. The molecule has 15 heavy (non-hydrogen) atoms. The Morgan fingerprint density at radius 3 is 2.93 bits per heavy atom. The van der Waals surface area contributed by atoms with Crippen molar-refractivity contribution in [3.05, 3.63) is 22.4 Å². The zero-order chi connectivity index (χ0) is 10.5. The van der Waals surface area contributed by atoms with Crippen LogP contribution in [-0.2, 0) is 16.0 Å². The van der Waals surface area contributed by atoms with Crippen molar-refractivity contribution >= 4 is 17.2 Å². The first-order valence-electron chi connectivity index (χ1n) is 5.23. The van der Waals surface area contributed by atoms with Crippen LogP contribution in [0, 0.1) is 0 Å². The molecular weight excluding hydrogens is 210 g/mol. The van der Waals surface area contributed by atoms with Crippen molar-refractivity contribution in [3.8, 4) is 0 Å². The zero-order valence-corrected chi connectivity index (χ0v) is 9.46. The molecule has 1 fully saturated rings. The fourth-order valence-corrected chi connectivity index (χ4v) is 2.36. The molecule has 0 saturated carbocycles. The molecule has 0 aliphatic carbocycles. The van der Waals surface area contributed by atoms with E-state index in [1.165, 1.54) is 5.56 Å². The molecule has 4 heteroatoms. The Labute approximate surface area is 93.7 Å². The molecular formula is C11H15NO2S. The van der Waals surface area contributed by atoms with Crippen molar-refractivity contribution < 1.29 is 9.53 Å². The second-order valence-electron chi connectivity index (χ2n) is 3.62. The van der Waals surface area contributed by atoms with Crippen LogP contribution >= 0.6 is 11.3 Å². The Bertz CT molecular complexity index is 304. The minimum absolute atomic E-state index is 0.254. The molecule has 0 radical (unpaired) electrons. The summed E-state index contributed by atoms with van der Waals surface area (Å²) < 4.78 is 5.21. The molecule has 1 aromatic rings. The minimum Gasteiger partial charge on any atom is -0.378 e. The number of hydrogen-bond acceptors (Lipinski definition) is 3. The first-order chi connectivity index (χ1) is 7.36. The van der Waals surface area contributed by atoms with Crippen LogP contribution in [-0.4, -0.2) is 37.1 Å². The summed E-state index contributed by atoms with van der Waals surface area (Å²) in [5.41, 5.74) is 1.27. The predicted octanol–water partition coefficient (Wildman–Crippen LogP) is 1.54. The van der Waals surface area contributed by atoms with Crippen molar-refractivity contribution in [2.45, 2.75) is 12.8 Å². The third kappa shape index (κ3) is 3.04. The predicted molar refractivity (Wildman–Crippen MR) is 60.0 cm³/mol. The molecule has 0 N–H and O–H groups in total. The average molecular weight is 225 g/mol. The van der Waals surface area contributed by atoms with E-state index in [1.807, 2.05) is 4.90 Å². The van der Waals surface area contributed by atoms with Crippen LogP contribution < -0.4 is 0 Å². The highest BCUT2D eigenvalue weighted by Gasteiger charge is 2.16. The summed E-state index contributed by atoms with van der Waals surface area (Å²) in [6, 6.07) is 2.08. The van der Waals surface area contributed by atoms with E-state index >= 15 is 0 Å². The summed E-state index contributed by atoms with van der Waals surface area (Å²) in [6.45, 7) is 2.87. The maximum Gasteiger partial charge on any atom is 0.223 e. The van der Waals surface area contributed by atoms with Gasteiger partial charge in [-0.2, -0.15) is 11.3 Å². The highest BCUT2D eigenvalue weighted by molar-refractivity contribution is 7.07. The van der Waals surface area contributed by atoms with Crippen LogP contribution in [0.1, 0.15) is 12.0 Å². The zero-order valence-electron chi connectivity index (χ0n) is 8.65. The van der Waals surface area contributed by atoms with Gasteiger partial charge in [0.25, 0.3) is 0 Å². The third-order valence-electron chi connectivity index (χ3n) is 2.57. The number of thiophene rings is 1. The number of rotatable bonds is 3. The van der Waals surface area contributed by atoms with Gasteiger partial charge in [0.2, 0.25) is 5.91 Å². The minimum atomic E-state index is 0.254. The summed E-state index contributed by atoms with van der Waals surface area (Å²) in [5, 5.41) is 4.15. The summed E-state index contributed by atoms with van der Waals surface area (Å²) >= 11 is 1.68. The van der Waals surface area contributed by atoms with Gasteiger partial charge < -0.3 is 9.64 Å². The lowest BCUT2D eigenvalue weighted by molar-refractivity contribution is -0.135. The number of carbonyl (C=O) groups is 1. The van der Waals surface area contributed by atoms with Crippen molar-refractivity contribution in [2.75, 3.05) is 26.3 Å². The molecule has 0 atom stereocenters. The van der Waals surface area contributed by atoms with Gasteiger partial charge in [-0.05, 0) is 28.8 Å². The molecule has 82 valence electrons. The molecule has 1 aliphatic heterocycles. The number of nitrogens with zero attached hydrogens (tertiary/aromatic N) is 1. The molecule has 0 aromatic carbocycles. The number of morpholine rings is 1. The van der Waals surface area contributed by atoms with Gasteiger partial charge in [0.1, 0.15) is 0 Å². The second-order valence-corrected chi connectivity index (χ2v) is 4.40. The summed E-state index contributed by atoms with van der Waals surface area (Å²) in [5.74, 6) is 0.254. The molecule has 1 saturated heterocycles. The monoisotopic (exact) mass is 225 g/mol. The summed E-state index contributed by atoms with van der Waals surface area (Å²) in [4.78, 5) is 13.7. The van der Waals surface area contributed by atoms with Gasteiger partial charge in [-0.25, -0.2) is 0 Å². The molecule has 0 unspecified atom stereocenters. The van der Waals surface area contributed by atoms with Crippen LogP contribution in [0.4, 0.5) is 0 Å². The van der Waals surface area contributed by atoms with Crippen molar-refractivity contribution in [2.24, 2.45) is 0 Å². The van der Waals surface area contributed by atoms with Crippen molar-refractivity contribution in [3.63, 3.8) is 0 Å². The lowest BCUT2D eigenvalue weighted by Gasteiger charge is -2.26. The van der Waals surface area contributed by atoms with E-state index in [2.05, 4.69) is 16.8 Å². The fraction of sp³-hybridized carbons (Fsp3) is 0.545. The Balaban J connectivity index is 1.76. The van der Waals surface area contributed by atoms with Crippen LogP contribution in [0.2, 0.25) is 0 Å². The largest absolute Gasteiger partial charge is 0.378 e. The van der Waals surface area contributed by atoms with Gasteiger partial charge in [0.15, 0.2) is 0 Å². The number of ether oxygens (including phenoxy) is 1. The van der Waals surface area contributed by atoms with Crippen molar-refractivity contribution in [1.29, 1.82) is 0 Å². The fourth-order valence-electron chi connectivity index (χ4n) is 1.66. The first kappa shape index (κ1) is 10.6. The Morgan fingerprint density at radius 1 is 1.47 bits per heavy atom. The van der Waals surface area contributed by atoms with Gasteiger partial charge in [-0.1, -0.05) is 0 Å². The Morgan fingerprint density at radius 2 is 2.27 bits per heavy atom. The van der Waals surface area contributed by atoms with Crippen molar-refractivity contribution in [1.82, 2.24) is 4.90 Å². The third-order valence-corrected chi connectivity index (χ3v) is 3.30. The van der Waals surface area contributed by atoms with Crippen LogP contribution in [0.5, 0.6) is 0 Å². The average Bonchev–Trinajstić information content (AvgIpc) is 2.80. The Hall–Kier alpha value is -0.870. The molecule has 2 rings (SSSR count). The van der Waals surface area contributed by atoms with Crippen LogP contribution in [0.3, 0.4) is 0 Å². The lowest BCUT2D eigenvalue weighted by Crippen LogP contribution is -2.40. The molecule has 1 aromatic heterocycles. The normalized spacial score (nSPS) is 16.7. The molecule has 0 bridgehead atoms. The van der Waals surface area contributed by atoms with Gasteiger partial charge in [0.05, 0.1) is 13.2 Å². The molecule has 1 aliphatic rings. The van der Waals surface area contributed by atoms with E-state index in [0.29, 0.717) is 19.6 Å². The second kappa shape index (κ2) is 5.28. The van der Waals surface area contributed by atoms with E-state index in [9.17, 15) is 4.79 Å². The van der Waals surface area contributed by atoms with Gasteiger partial charge in [-0.15, -0.1) is 0 Å². The lowest BCUT2D eigenvalue weighted by atomic mass is 10.2. The number of amides is 1. The number of aryl methyl sites for hydroxylation is 1. The molecule has 3 nitrogen and oxygen atoms in total. The summed E-state index contributed by atoms with van der Waals surface area (Å²) in [6.07, 6.45) is 1.48. The van der Waals surface area contributed by atoms with E-state index < -0.39 is 0 Å². The summed E-state index contributed by atoms with van der Waals surface area (Å²) in [7, 11) is 0. The van der Waals surface area contributed by atoms with Gasteiger partial charge in [-0.3, -0.25) is 4.79 Å². The molecule has 2 heterocycles. The Kier molecular flexibility index (Phi) is 3.75. The smallest absolute Gasteiger partial charge is 0.223 e. The van der Waals surface area contributed by atoms with E-state index in [-0.39, 0.29) is 5.91 Å². The van der Waals surface area contributed by atoms with Crippen LogP contribution in [0.25, 0.3) is 0 Å². The highest BCUT2D eigenvalue weighted by Crippen LogP contribution is 2.10.